The Labute approximate surface area is 114 Å². The van der Waals surface area contributed by atoms with Crippen LogP contribution in [-0.2, 0) is 0 Å². The normalized spacial score (nSPS) is 15.9. The van der Waals surface area contributed by atoms with Crippen LogP contribution in [0.15, 0.2) is 39.3 Å². The molecule has 0 spiro atoms. The van der Waals surface area contributed by atoms with Crippen molar-refractivity contribution >= 4 is 21.8 Å². The van der Waals surface area contributed by atoms with Crippen LogP contribution in [0.5, 0.6) is 0 Å². The van der Waals surface area contributed by atoms with Crippen LogP contribution in [0.25, 0.3) is 11.3 Å². The second-order valence-corrected chi connectivity index (χ2v) is 5.21. The number of hydrogen-bond donors (Lipinski definition) is 1. The highest BCUT2D eigenvalue weighted by Crippen LogP contribution is 2.25. The lowest BCUT2D eigenvalue weighted by molar-refractivity contribution is 0.409. The van der Waals surface area contributed by atoms with E-state index < -0.39 is 0 Å². The van der Waals surface area contributed by atoms with Gasteiger partial charge in [0.05, 0.1) is 0 Å². The maximum Gasteiger partial charge on any atom is 0.227 e. The molecule has 1 fully saturated rings. The highest BCUT2D eigenvalue weighted by atomic mass is 79.9. The molecule has 1 aliphatic heterocycles. The smallest absolute Gasteiger partial charge is 0.227 e. The third kappa shape index (κ3) is 2.42. The second-order valence-electron chi connectivity index (χ2n) is 4.29. The van der Waals surface area contributed by atoms with Crippen molar-refractivity contribution in [2.24, 2.45) is 0 Å². The van der Waals surface area contributed by atoms with Gasteiger partial charge in [0.15, 0.2) is 0 Å². The molecule has 1 aromatic heterocycles. The monoisotopic (exact) mass is 307 g/mol. The van der Waals surface area contributed by atoms with Gasteiger partial charge in [-0.05, 0) is 12.1 Å². The van der Waals surface area contributed by atoms with Crippen LogP contribution in [0.1, 0.15) is 0 Å². The number of nitrogens with zero attached hydrogens (tertiary/aromatic N) is 2. The first kappa shape index (κ1) is 11.7. The van der Waals surface area contributed by atoms with Gasteiger partial charge in [0.25, 0.3) is 0 Å². The number of hydrogen-bond acceptors (Lipinski definition) is 4. The van der Waals surface area contributed by atoms with E-state index in [0.29, 0.717) is 0 Å². The summed E-state index contributed by atoms with van der Waals surface area (Å²) in [5.41, 5.74) is 1.96. The second kappa shape index (κ2) is 5.12. The van der Waals surface area contributed by atoms with Crippen LogP contribution in [0.2, 0.25) is 0 Å². The molecule has 0 saturated carbocycles. The summed E-state index contributed by atoms with van der Waals surface area (Å²) in [5.74, 6) is 0.856. The van der Waals surface area contributed by atoms with Gasteiger partial charge >= 0.3 is 0 Å². The van der Waals surface area contributed by atoms with Crippen molar-refractivity contribution in [3.05, 3.63) is 34.8 Å². The van der Waals surface area contributed by atoms with E-state index in [9.17, 15) is 0 Å². The zero-order valence-corrected chi connectivity index (χ0v) is 11.5. The molecular formula is C13H14BrN3O. The fourth-order valence-corrected chi connectivity index (χ4v) is 2.32. The molecule has 1 N–H and O–H groups in total. The van der Waals surface area contributed by atoms with Gasteiger partial charge in [-0.3, -0.25) is 0 Å². The zero-order chi connectivity index (χ0) is 12.4. The molecule has 0 unspecified atom stereocenters. The summed E-state index contributed by atoms with van der Waals surface area (Å²) < 4.78 is 6.49. The van der Waals surface area contributed by atoms with Gasteiger partial charge in [0, 0.05) is 42.3 Å². The van der Waals surface area contributed by atoms with Crippen LogP contribution in [0.3, 0.4) is 0 Å². The highest BCUT2D eigenvalue weighted by molar-refractivity contribution is 9.10. The van der Waals surface area contributed by atoms with Crippen molar-refractivity contribution in [1.29, 1.82) is 0 Å². The minimum absolute atomic E-state index is 0.856. The van der Waals surface area contributed by atoms with Crippen molar-refractivity contribution in [3.8, 4) is 11.3 Å². The lowest BCUT2D eigenvalue weighted by Crippen LogP contribution is -2.43. The van der Waals surface area contributed by atoms with E-state index in [1.807, 2.05) is 30.3 Å². The first-order valence-electron chi connectivity index (χ1n) is 6.01. The molecule has 1 aromatic carbocycles. The number of piperazine rings is 1. The Morgan fingerprint density at radius 1 is 1.17 bits per heavy atom. The molecule has 18 heavy (non-hydrogen) atoms. The van der Waals surface area contributed by atoms with Crippen LogP contribution >= 0.6 is 15.9 Å². The number of benzene rings is 1. The molecule has 1 saturated heterocycles. The number of nitrogens with one attached hydrogen (secondary N) is 1. The standard InChI is InChI=1S/C13H14BrN3O/c14-11-3-1-10(2-4-11)12-9-13(18-16-12)17-7-5-15-6-8-17/h1-4,9,15H,5-8H2. The van der Waals surface area contributed by atoms with E-state index in [1.165, 1.54) is 0 Å². The summed E-state index contributed by atoms with van der Waals surface area (Å²) >= 11 is 3.43. The van der Waals surface area contributed by atoms with E-state index in [-0.39, 0.29) is 0 Å². The molecule has 2 aromatic rings. The van der Waals surface area contributed by atoms with Crippen molar-refractivity contribution < 1.29 is 4.52 Å². The molecule has 94 valence electrons. The minimum atomic E-state index is 0.856. The predicted octanol–water partition coefficient (Wildman–Crippen LogP) is 2.51. The van der Waals surface area contributed by atoms with Crippen LogP contribution in [-0.4, -0.2) is 31.3 Å². The van der Waals surface area contributed by atoms with Gasteiger partial charge in [-0.25, -0.2) is 0 Å². The molecule has 0 aliphatic carbocycles. The van der Waals surface area contributed by atoms with Crippen molar-refractivity contribution in [3.63, 3.8) is 0 Å². The molecule has 3 rings (SSSR count). The summed E-state index contributed by atoms with van der Waals surface area (Å²) in [6, 6.07) is 10.1. The molecule has 0 radical (unpaired) electrons. The summed E-state index contributed by atoms with van der Waals surface area (Å²) in [4.78, 5) is 2.21. The molecule has 2 heterocycles. The Morgan fingerprint density at radius 3 is 2.61 bits per heavy atom. The Morgan fingerprint density at radius 2 is 1.89 bits per heavy atom. The first-order valence-corrected chi connectivity index (χ1v) is 6.80. The molecule has 5 heteroatoms. The quantitative estimate of drug-likeness (QED) is 0.925. The van der Waals surface area contributed by atoms with Gasteiger partial charge < -0.3 is 14.7 Å². The average Bonchev–Trinajstić information content (AvgIpc) is 2.90. The average molecular weight is 308 g/mol. The maximum atomic E-state index is 5.43. The lowest BCUT2D eigenvalue weighted by Gasteiger charge is -2.25. The van der Waals surface area contributed by atoms with Gasteiger partial charge in [0.2, 0.25) is 5.88 Å². The fourth-order valence-electron chi connectivity index (χ4n) is 2.06. The number of halogens is 1. The number of aromatic nitrogens is 1. The molecule has 0 amide bonds. The number of anilines is 1. The third-order valence-electron chi connectivity index (χ3n) is 3.07. The Kier molecular flexibility index (Phi) is 3.34. The van der Waals surface area contributed by atoms with E-state index in [0.717, 1.165) is 47.8 Å². The van der Waals surface area contributed by atoms with Gasteiger partial charge in [-0.15, -0.1) is 0 Å². The predicted molar refractivity (Wildman–Crippen MR) is 74.7 cm³/mol. The Bertz CT molecular complexity index is 517. The van der Waals surface area contributed by atoms with Crippen molar-refractivity contribution in [2.45, 2.75) is 0 Å². The highest BCUT2D eigenvalue weighted by Gasteiger charge is 2.15. The van der Waals surface area contributed by atoms with Crippen molar-refractivity contribution in [1.82, 2.24) is 10.5 Å². The van der Waals surface area contributed by atoms with Gasteiger partial charge in [-0.2, -0.15) is 0 Å². The van der Waals surface area contributed by atoms with Gasteiger partial charge in [-0.1, -0.05) is 33.2 Å². The minimum Gasteiger partial charge on any atom is -0.338 e. The van der Waals surface area contributed by atoms with Crippen LogP contribution in [0, 0.1) is 0 Å². The third-order valence-corrected chi connectivity index (χ3v) is 3.60. The van der Waals surface area contributed by atoms with Gasteiger partial charge in [0.1, 0.15) is 5.69 Å². The van der Waals surface area contributed by atoms with E-state index >= 15 is 0 Å². The molecule has 1 aliphatic rings. The summed E-state index contributed by atoms with van der Waals surface area (Å²) in [7, 11) is 0. The molecule has 4 nitrogen and oxygen atoms in total. The van der Waals surface area contributed by atoms with E-state index in [4.69, 9.17) is 4.52 Å². The Balaban J connectivity index is 1.82. The van der Waals surface area contributed by atoms with E-state index in [1.54, 1.807) is 0 Å². The maximum absolute atomic E-state index is 5.43. The van der Waals surface area contributed by atoms with Crippen LogP contribution < -0.4 is 10.2 Å². The Hall–Kier alpha value is -1.33. The largest absolute Gasteiger partial charge is 0.338 e. The summed E-state index contributed by atoms with van der Waals surface area (Å²) in [5, 5.41) is 7.46. The molecular weight excluding hydrogens is 294 g/mol. The molecule has 0 bridgehead atoms. The SMILES string of the molecule is Brc1ccc(-c2cc(N3CCNCC3)on2)cc1. The van der Waals surface area contributed by atoms with E-state index in [2.05, 4.69) is 31.3 Å². The zero-order valence-electron chi connectivity index (χ0n) is 9.90. The number of rotatable bonds is 2. The first-order chi connectivity index (χ1) is 8.83. The lowest BCUT2D eigenvalue weighted by atomic mass is 10.1. The van der Waals surface area contributed by atoms with Crippen LogP contribution in [0.4, 0.5) is 5.88 Å². The summed E-state index contributed by atoms with van der Waals surface area (Å²) in [6.45, 7) is 3.92. The topological polar surface area (TPSA) is 41.3 Å². The molecule has 0 atom stereocenters. The van der Waals surface area contributed by atoms with Crippen molar-refractivity contribution in [2.75, 3.05) is 31.1 Å². The fraction of sp³-hybridized carbons (Fsp3) is 0.308. The summed E-state index contributed by atoms with van der Waals surface area (Å²) in [6.07, 6.45) is 0.